The van der Waals surface area contributed by atoms with E-state index in [1.54, 1.807) is 0 Å². The summed E-state index contributed by atoms with van der Waals surface area (Å²) in [5, 5.41) is 6.52. The highest BCUT2D eigenvalue weighted by atomic mass is 16.6. The molecule has 0 aromatic heterocycles. The van der Waals surface area contributed by atoms with Gasteiger partial charge in [0.2, 0.25) is 0 Å². The highest BCUT2D eigenvalue weighted by molar-refractivity contribution is 5.68. The summed E-state index contributed by atoms with van der Waals surface area (Å²) in [6, 6.07) is 8.68. The molecule has 4 nitrogen and oxygen atoms in total. The van der Waals surface area contributed by atoms with Gasteiger partial charge in [0.1, 0.15) is 5.60 Å². The molecular weight excluding hydrogens is 264 g/mol. The van der Waals surface area contributed by atoms with Crippen LogP contribution < -0.4 is 10.6 Å². The molecule has 0 radical (unpaired) electrons. The number of hydrogen-bond donors (Lipinski definition) is 2. The highest BCUT2D eigenvalue weighted by Crippen LogP contribution is 2.24. The van der Waals surface area contributed by atoms with E-state index in [2.05, 4.69) is 41.8 Å². The van der Waals surface area contributed by atoms with Gasteiger partial charge in [-0.3, -0.25) is 0 Å². The number of benzene rings is 1. The number of hydrogen-bond acceptors (Lipinski definition) is 3. The molecule has 1 amide bonds. The van der Waals surface area contributed by atoms with Crippen LogP contribution >= 0.6 is 0 Å². The van der Waals surface area contributed by atoms with Crippen LogP contribution in [0, 0.1) is 6.92 Å². The fourth-order valence-electron chi connectivity index (χ4n) is 2.63. The van der Waals surface area contributed by atoms with Crippen molar-refractivity contribution in [3.8, 4) is 0 Å². The number of nitrogens with one attached hydrogen (secondary N) is 2. The second-order valence-corrected chi connectivity index (χ2v) is 6.74. The van der Waals surface area contributed by atoms with Gasteiger partial charge in [-0.1, -0.05) is 29.8 Å². The molecule has 2 N–H and O–H groups in total. The van der Waals surface area contributed by atoms with Gasteiger partial charge in [0.05, 0.1) is 12.1 Å². The summed E-state index contributed by atoms with van der Waals surface area (Å²) in [5.74, 6) is 0. The van der Waals surface area contributed by atoms with Gasteiger partial charge in [-0.2, -0.15) is 0 Å². The predicted molar refractivity (Wildman–Crippen MR) is 84.3 cm³/mol. The maximum atomic E-state index is 12.0. The highest BCUT2D eigenvalue weighted by Gasteiger charge is 2.29. The molecule has 1 aliphatic heterocycles. The summed E-state index contributed by atoms with van der Waals surface area (Å²) in [4.78, 5) is 12.0. The topological polar surface area (TPSA) is 50.4 Å². The molecule has 2 atom stereocenters. The smallest absolute Gasteiger partial charge is 0.407 e. The van der Waals surface area contributed by atoms with Crippen molar-refractivity contribution >= 4 is 6.09 Å². The van der Waals surface area contributed by atoms with E-state index >= 15 is 0 Å². The molecule has 0 bridgehead atoms. The van der Waals surface area contributed by atoms with E-state index in [9.17, 15) is 4.79 Å². The Hall–Kier alpha value is -1.55. The van der Waals surface area contributed by atoms with Crippen molar-refractivity contribution < 1.29 is 9.53 Å². The number of aryl methyl sites for hydroxylation is 1. The third kappa shape index (κ3) is 4.74. The van der Waals surface area contributed by atoms with Gasteiger partial charge >= 0.3 is 6.09 Å². The number of amides is 1. The van der Waals surface area contributed by atoms with Crippen LogP contribution in [0.5, 0.6) is 0 Å². The standard InChI is InChI=1S/C17H26N2O2/c1-12-7-9-13(10-8-12)15-14(6-5-11-18-15)19-16(20)21-17(2,3)4/h7-10,14-15,18H,5-6,11H2,1-4H3,(H,19,20). The van der Waals surface area contributed by atoms with E-state index in [0.717, 1.165) is 19.4 Å². The zero-order chi connectivity index (χ0) is 15.5. The average Bonchev–Trinajstić information content (AvgIpc) is 2.38. The second-order valence-electron chi connectivity index (χ2n) is 6.74. The molecule has 116 valence electrons. The lowest BCUT2D eigenvalue weighted by molar-refractivity contribution is 0.0481. The lowest BCUT2D eigenvalue weighted by Crippen LogP contribution is -2.49. The predicted octanol–water partition coefficient (Wildman–Crippen LogP) is 3.31. The first-order chi connectivity index (χ1) is 9.85. The maximum Gasteiger partial charge on any atom is 0.407 e. The number of carbonyl (C=O) groups is 1. The Balaban J connectivity index is 2.05. The maximum absolute atomic E-state index is 12.0. The molecule has 1 fully saturated rings. The van der Waals surface area contributed by atoms with Crippen molar-refractivity contribution in [2.45, 2.75) is 58.2 Å². The van der Waals surface area contributed by atoms with Gasteiger partial charge in [0.25, 0.3) is 0 Å². The molecule has 0 aliphatic carbocycles. The van der Waals surface area contributed by atoms with Crippen LogP contribution in [0.15, 0.2) is 24.3 Å². The Morgan fingerprint density at radius 2 is 1.95 bits per heavy atom. The van der Waals surface area contributed by atoms with Crippen molar-refractivity contribution in [2.24, 2.45) is 0 Å². The van der Waals surface area contributed by atoms with Crippen molar-refractivity contribution in [2.75, 3.05) is 6.54 Å². The summed E-state index contributed by atoms with van der Waals surface area (Å²) in [7, 11) is 0. The summed E-state index contributed by atoms with van der Waals surface area (Å²) < 4.78 is 5.37. The molecule has 0 spiro atoms. The van der Waals surface area contributed by atoms with Gasteiger partial charge in [-0.15, -0.1) is 0 Å². The monoisotopic (exact) mass is 290 g/mol. The van der Waals surface area contributed by atoms with Crippen LogP contribution in [0.3, 0.4) is 0 Å². The van der Waals surface area contributed by atoms with E-state index < -0.39 is 5.60 Å². The van der Waals surface area contributed by atoms with Gasteiger partial charge in [0.15, 0.2) is 0 Å². The van der Waals surface area contributed by atoms with E-state index in [0.29, 0.717) is 0 Å². The molecular formula is C17H26N2O2. The third-order valence-electron chi connectivity index (χ3n) is 3.60. The lowest BCUT2D eigenvalue weighted by Gasteiger charge is -2.34. The molecule has 21 heavy (non-hydrogen) atoms. The molecule has 1 aromatic carbocycles. The van der Waals surface area contributed by atoms with Gasteiger partial charge in [-0.05, 0) is 52.6 Å². The Kier molecular flexibility index (Phi) is 4.88. The second kappa shape index (κ2) is 6.48. The van der Waals surface area contributed by atoms with Crippen molar-refractivity contribution in [3.63, 3.8) is 0 Å². The lowest BCUT2D eigenvalue weighted by atomic mass is 9.92. The molecule has 1 aliphatic rings. The van der Waals surface area contributed by atoms with Crippen molar-refractivity contribution in [3.05, 3.63) is 35.4 Å². The van der Waals surface area contributed by atoms with Crippen LogP contribution in [0.25, 0.3) is 0 Å². The van der Waals surface area contributed by atoms with Crippen LogP contribution in [0.1, 0.15) is 50.8 Å². The third-order valence-corrected chi connectivity index (χ3v) is 3.60. The van der Waals surface area contributed by atoms with Gasteiger partial charge < -0.3 is 15.4 Å². The summed E-state index contributed by atoms with van der Waals surface area (Å²) >= 11 is 0. The molecule has 2 unspecified atom stereocenters. The van der Waals surface area contributed by atoms with Gasteiger partial charge in [-0.25, -0.2) is 4.79 Å². The van der Waals surface area contributed by atoms with Gasteiger partial charge in [0, 0.05) is 0 Å². The molecule has 0 saturated carbocycles. The number of carbonyl (C=O) groups excluding carboxylic acids is 1. The number of alkyl carbamates (subject to hydrolysis) is 1. The van der Waals surface area contributed by atoms with E-state index in [1.807, 2.05) is 20.8 Å². The van der Waals surface area contributed by atoms with E-state index in [-0.39, 0.29) is 18.2 Å². The Morgan fingerprint density at radius 1 is 1.29 bits per heavy atom. The van der Waals surface area contributed by atoms with Crippen molar-refractivity contribution in [1.82, 2.24) is 10.6 Å². The fraction of sp³-hybridized carbons (Fsp3) is 0.588. The molecule has 1 saturated heterocycles. The minimum Gasteiger partial charge on any atom is -0.444 e. The average molecular weight is 290 g/mol. The van der Waals surface area contributed by atoms with E-state index in [4.69, 9.17) is 4.74 Å². The zero-order valence-corrected chi connectivity index (χ0v) is 13.4. The Morgan fingerprint density at radius 3 is 2.57 bits per heavy atom. The molecule has 1 aromatic rings. The first-order valence-corrected chi connectivity index (χ1v) is 7.64. The van der Waals surface area contributed by atoms with Crippen LogP contribution in [-0.4, -0.2) is 24.3 Å². The minimum absolute atomic E-state index is 0.0660. The summed E-state index contributed by atoms with van der Waals surface area (Å²) in [6.45, 7) is 8.69. The molecule has 2 rings (SSSR count). The summed E-state index contributed by atoms with van der Waals surface area (Å²) in [5.41, 5.74) is 1.98. The number of rotatable bonds is 2. The molecule has 4 heteroatoms. The molecule has 1 heterocycles. The largest absolute Gasteiger partial charge is 0.444 e. The SMILES string of the molecule is Cc1ccc(C2NCCCC2NC(=O)OC(C)(C)C)cc1. The van der Waals surface area contributed by atoms with Crippen molar-refractivity contribution in [1.29, 1.82) is 0 Å². The summed E-state index contributed by atoms with van der Waals surface area (Å²) in [6.07, 6.45) is 1.68. The number of ether oxygens (including phenoxy) is 1. The van der Waals surface area contributed by atoms with E-state index in [1.165, 1.54) is 11.1 Å². The van der Waals surface area contributed by atoms with Crippen LogP contribution in [-0.2, 0) is 4.74 Å². The zero-order valence-electron chi connectivity index (χ0n) is 13.4. The quantitative estimate of drug-likeness (QED) is 0.878. The first kappa shape index (κ1) is 15.8. The van der Waals surface area contributed by atoms with Crippen LogP contribution in [0.2, 0.25) is 0 Å². The number of piperidine rings is 1. The fourth-order valence-corrected chi connectivity index (χ4v) is 2.63. The normalized spacial score (nSPS) is 22.7. The van der Waals surface area contributed by atoms with Crippen LogP contribution in [0.4, 0.5) is 4.79 Å². The minimum atomic E-state index is -0.467. The Bertz CT molecular complexity index is 477. The first-order valence-electron chi connectivity index (χ1n) is 7.64. The Labute approximate surface area is 127 Å².